The molecule has 18 heavy (non-hydrogen) atoms. The first kappa shape index (κ1) is 13.0. The smallest absolute Gasteiger partial charge is 0.253 e. The molecule has 1 aliphatic rings. The third-order valence-electron chi connectivity index (χ3n) is 3.29. The average molecular weight is 248 g/mol. The molecule has 0 bridgehead atoms. The van der Waals surface area contributed by atoms with Crippen LogP contribution in [0.4, 0.5) is 0 Å². The van der Waals surface area contributed by atoms with E-state index in [4.69, 9.17) is 0 Å². The Labute approximate surface area is 107 Å². The lowest BCUT2D eigenvalue weighted by Gasteiger charge is -2.11. The van der Waals surface area contributed by atoms with Crippen LogP contribution in [0.25, 0.3) is 0 Å². The van der Waals surface area contributed by atoms with Crippen molar-refractivity contribution in [3.8, 4) is 0 Å². The van der Waals surface area contributed by atoms with Crippen molar-refractivity contribution in [2.24, 2.45) is 0 Å². The van der Waals surface area contributed by atoms with Crippen molar-refractivity contribution in [1.29, 1.82) is 0 Å². The fraction of sp³-hybridized carbons (Fsp3) is 0.615. The molecule has 1 fully saturated rings. The maximum atomic E-state index is 12.0. The third kappa shape index (κ3) is 3.26. The van der Waals surface area contributed by atoms with E-state index in [9.17, 15) is 4.79 Å². The summed E-state index contributed by atoms with van der Waals surface area (Å²) in [5, 5.41) is 14.3. The molecule has 2 N–H and O–H groups in total. The van der Waals surface area contributed by atoms with Crippen molar-refractivity contribution in [2.75, 3.05) is 13.1 Å². The fourth-order valence-corrected chi connectivity index (χ4v) is 2.24. The maximum absolute atomic E-state index is 12.0. The number of nitrogens with zero attached hydrogens (tertiary/aromatic N) is 2. The molecule has 0 aromatic carbocycles. The van der Waals surface area contributed by atoms with Crippen LogP contribution < -0.4 is 10.6 Å². The molecule has 98 valence electrons. The van der Waals surface area contributed by atoms with Crippen molar-refractivity contribution in [3.63, 3.8) is 0 Å². The summed E-state index contributed by atoms with van der Waals surface area (Å²) in [4.78, 5) is 12.0. The number of nitrogens with one attached hydrogen (secondary N) is 2. The summed E-state index contributed by atoms with van der Waals surface area (Å²) in [5.41, 5.74) is 2.07. The van der Waals surface area contributed by atoms with Gasteiger partial charge in [-0.3, -0.25) is 4.79 Å². The Morgan fingerprint density at radius 1 is 1.50 bits per heavy atom. The van der Waals surface area contributed by atoms with Crippen LogP contribution in [0.1, 0.15) is 41.0 Å². The van der Waals surface area contributed by atoms with Crippen LogP contribution in [0, 0.1) is 13.8 Å². The number of carbonyl (C=O) groups excluding carboxylic acids is 1. The number of aromatic nitrogens is 2. The molecule has 5 nitrogen and oxygen atoms in total. The number of amides is 1. The first-order valence-corrected chi connectivity index (χ1v) is 6.49. The first-order valence-electron chi connectivity index (χ1n) is 6.49. The highest BCUT2D eigenvalue weighted by Gasteiger charge is 2.15. The Bertz CT molecular complexity index is 427. The van der Waals surface area contributed by atoms with E-state index in [0.29, 0.717) is 23.8 Å². The molecule has 0 saturated carbocycles. The lowest BCUT2D eigenvalue weighted by Crippen LogP contribution is -2.31. The molecule has 1 aromatic heterocycles. The summed E-state index contributed by atoms with van der Waals surface area (Å²) >= 11 is 0. The van der Waals surface area contributed by atoms with E-state index in [-0.39, 0.29) is 5.91 Å². The van der Waals surface area contributed by atoms with E-state index in [0.717, 1.165) is 18.7 Å². The predicted molar refractivity (Wildman–Crippen MR) is 69.5 cm³/mol. The van der Waals surface area contributed by atoms with Crippen LogP contribution in [0.2, 0.25) is 0 Å². The van der Waals surface area contributed by atoms with Crippen molar-refractivity contribution in [1.82, 2.24) is 20.8 Å². The fourth-order valence-electron chi connectivity index (χ4n) is 2.24. The molecule has 2 heterocycles. The van der Waals surface area contributed by atoms with E-state index in [1.807, 2.05) is 6.92 Å². The molecule has 0 aliphatic carbocycles. The summed E-state index contributed by atoms with van der Waals surface area (Å²) in [7, 11) is 0. The molecular weight excluding hydrogens is 228 g/mol. The minimum atomic E-state index is -0.0523. The van der Waals surface area contributed by atoms with Crippen LogP contribution in [0.5, 0.6) is 0 Å². The van der Waals surface area contributed by atoms with Crippen molar-refractivity contribution in [3.05, 3.63) is 23.0 Å². The van der Waals surface area contributed by atoms with Crippen molar-refractivity contribution < 1.29 is 4.79 Å². The standard InChI is InChI=1S/C13H20N4O/c1-9-8-12(10(2)17-16-9)13(18)15-7-5-11-4-3-6-14-11/h8,11,14H,3-7H2,1-2H3,(H,15,18)/t11-/m1/s1. The van der Waals surface area contributed by atoms with Gasteiger partial charge in [-0.15, -0.1) is 0 Å². The summed E-state index contributed by atoms with van der Waals surface area (Å²) in [6, 6.07) is 2.34. The highest BCUT2D eigenvalue weighted by molar-refractivity contribution is 5.95. The van der Waals surface area contributed by atoms with E-state index >= 15 is 0 Å². The van der Waals surface area contributed by atoms with E-state index < -0.39 is 0 Å². The van der Waals surface area contributed by atoms with Crippen LogP contribution >= 0.6 is 0 Å². The van der Waals surface area contributed by atoms with E-state index in [1.165, 1.54) is 12.8 Å². The van der Waals surface area contributed by atoms with E-state index in [1.54, 1.807) is 13.0 Å². The summed E-state index contributed by atoms with van der Waals surface area (Å²) in [6.07, 6.45) is 3.44. The molecule has 1 aliphatic heterocycles. The largest absolute Gasteiger partial charge is 0.352 e. The monoisotopic (exact) mass is 248 g/mol. The molecule has 1 saturated heterocycles. The van der Waals surface area contributed by atoms with Crippen LogP contribution in [-0.2, 0) is 0 Å². The summed E-state index contributed by atoms with van der Waals surface area (Å²) in [6.45, 7) is 5.45. The zero-order valence-electron chi connectivity index (χ0n) is 11.0. The molecule has 0 unspecified atom stereocenters. The minimum absolute atomic E-state index is 0.0523. The Hall–Kier alpha value is -1.49. The Balaban J connectivity index is 1.85. The number of rotatable bonds is 4. The molecule has 2 rings (SSSR count). The third-order valence-corrected chi connectivity index (χ3v) is 3.29. The summed E-state index contributed by atoms with van der Waals surface area (Å²) < 4.78 is 0. The van der Waals surface area contributed by atoms with E-state index in [2.05, 4.69) is 20.8 Å². The lowest BCUT2D eigenvalue weighted by molar-refractivity contribution is 0.0951. The zero-order chi connectivity index (χ0) is 13.0. The van der Waals surface area contributed by atoms with Crippen LogP contribution in [0.15, 0.2) is 6.07 Å². The highest BCUT2D eigenvalue weighted by Crippen LogP contribution is 2.08. The van der Waals surface area contributed by atoms with Gasteiger partial charge < -0.3 is 10.6 Å². The Morgan fingerprint density at radius 3 is 3.06 bits per heavy atom. The van der Waals surface area contributed by atoms with Gasteiger partial charge in [0, 0.05) is 12.6 Å². The maximum Gasteiger partial charge on any atom is 0.253 e. The Kier molecular flexibility index (Phi) is 4.25. The molecule has 0 spiro atoms. The second-order valence-corrected chi connectivity index (χ2v) is 4.82. The van der Waals surface area contributed by atoms with Gasteiger partial charge in [0.15, 0.2) is 0 Å². The van der Waals surface area contributed by atoms with Crippen LogP contribution in [-0.4, -0.2) is 35.2 Å². The van der Waals surface area contributed by atoms with Gasteiger partial charge in [-0.2, -0.15) is 10.2 Å². The number of carbonyl (C=O) groups is 1. The highest BCUT2D eigenvalue weighted by atomic mass is 16.1. The number of hydrogen-bond donors (Lipinski definition) is 2. The molecular formula is C13H20N4O. The van der Waals surface area contributed by atoms with Gasteiger partial charge in [-0.25, -0.2) is 0 Å². The first-order chi connectivity index (χ1) is 8.66. The number of aryl methyl sites for hydroxylation is 2. The second-order valence-electron chi connectivity index (χ2n) is 4.82. The SMILES string of the molecule is Cc1cc(C(=O)NCC[C@H]2CCCN2)c(C)nn1. The minimum Gasteiger partial charge on any atom is -0.352 e. The van der Waals surface area contributed by atoms with Crippen molar-refractivity contribution in [2.45, 2.75) is 39.2 Å². The molecule has 5 heteroatoms. The van der Waals surface area contributed by atoms with Gasteiger partial charge in [0.2, 0.25) is 0 Å². The lowest BCUT2D eigenvalue weighted by atomic mass is 10.1. The second kappa shape index (κ2) is 5.91. The molecule has 0 radical (unpaired) electrons. The summed E-state index contributed by atoms with van der Waals surface area (Å²) in [5.74, 6) is -0.0523. The predicted octanol–water partition coefficient (Wildman–Crippen LogP) is 0.965. The quantitative estimate of drug-likeness (QED) is 0.833. The zero-order valence-corrected chi connectivity index (χ0v) is 11.0. The van der Waals surface area contributed by atoms with Crippen LogP contribution in [0.3, 0.4) is 0 Å². The molecule has 1 amide bonds. The van der Waals surface area contributed by atoms with Gasteiger partial charge >= 0.3 is 0 Å². The topological polar surface area (TPSA) is 66.9 Å². The normalized spacial score (nSPS) is 18.9. The van der Waals surface area contributed by atoms with Gasteiger partial charge in [-0.05, 0) is 45.7 Å². The molecule has 1 aromatic rings. The average Bonchev–Trinajstić information content (AvgIpc) is 2.85. The van der Waals surface area contributed by atoms with Crippen molar-refractivity contribution >= 4 is 5.91 Å². The van der Waals surface area contributed by atoms with Gasteiger partial charge in [-0.1, -0.05) is 0 Å². The van der Waals surface area contributed by atoms with Gasteiger partial charge in [0.1, 0.15) is 0 Å². The Morgan fingerprint density at radius 2 is 2.33 bits per heavy atom. The van der Waals surface area contributed by atoms with Gasteiger partial charge in [0.05, 0.1) is 17.0 Å². The number of hydrogen-bond acceptors (Lipinski definition) is 4. The van der Waals surface area contributed by atoms with Gasteiger partial charge in [0.25, 0.3) is 5.91 Å². The molecule has 1 atom stereocenters.